The molecule has 1 spiro atoms. The molecule has 4 aliphatic rings. The summed E-state index contributed by atoms with van der Waals surface area (Å²) in [7, 11) is 2.03. The second-order valence-corrected chi connectivity index (χ2v) is 10.8. The van der Waals surface area contributed by atoms with Crippen molar-refractivity contribution in [2.24, 2.45) is 0 Å². The number of carbonyl (C=O) groups is 2. The number of nitrogens with zero attached hydrogens (tertiary/aromatic N) is 1. The van der Waals surface area contributed by atoms with E-state index >= 15 is 0 Å². The van der Waals surface area contributed by atoms with E-state index in [1.807, 2.05) is 50.4 Å². The van der Waals surface area contributed by atoms with Gasteiger partial charge in [0.25, 0.3) is 0 Å². The molecule has 1 saturated heterocycles. The van der Waals surface area contributed by atoms with E-state index in [1.54, 1.807) is 12.1 Å². The molecule has 2 aromatic carbocycles. The fourth-order valence-corrected chi connectivity index (χ4v) is 6.95. The number of likely N-dealkylation sites (N-methyl/N-ethyl adjacent to an activating group) is 1. The molecule has 2 bridgehead atoms. The Labute approximate surface area is 215 Å². The summed E-state index contributed by atoms with van der Waals surface area (Å²) in [6.07, 6.45) is 2.66. The van der Waals surface area contributed by atoms with Crippen LogP contribution in [-0.4, -0.2) is 64.9 Å². The Morgan fingerprint density at radius 2 is 2.03 bits per heavy atom. The first kappa shape index (κ1) is 24.0. The number of phenolic OH excluding ortho intramolecular Hbond substituents is 1. The van der Waals surface area contributed by atoms with Crippen LogP contribution in [0.5, 0.6) is 11.5 Å². The number of aromatic hydroxyl groups is 1. The van der Waals surface area contributed by atoms with Gasteiger partial charge in [0.2, 0.25) is 5.91 Å². The third-order valence-corrected chi connectivity index (χ3v) is 8.91. The molecular formula is C29H32N2O6. The van der Waals surface area contributed by atoms with Gasteiger partial charge in [0.15, 0.2) is 17.6 Å². The summed E-state index contributed by atoms with van der Waals surface area (Å²) in [6.45, 7) is 2.74. The first-order chi connectivity index (χ1) is 17.8. The van der Waals surface area contributed by atoms with E-state index < -0.39 is 23.1 Å². The lowest BCUT2D eigenvalue weighted by Crippen LogP contribution is -2.74. The van der Waals surface area contributed by atoms with Gasteiger partial charge in [-0.25, -0.2) is 0 Å². The first-order valence-corrected chi connectivity index (χ1v) is 12.9. The number of ether oxygens (including phenoxy) is 2. The minimum Gasteiger partial charge on any atom is -0.504 e. The van der Waals surface area contributed by atoms with Crippen LogP contribution in [0.2, 0.25) is 0 Å². The van der Waals surface area contributed by atoms with Crippen LogP contribution in [0.3, 0.4) is 0 Å². The summed E-state index contributed by atoms with van der Waals surface area (Å²) in [5, 5.41) is 25.6. The molecule has 2 heterocycles. The van der Waals surface area contributed by atoms with Gasteiger partial charge >= 0.3 is 5.97 Å². The van der Waals surface area contributed by atoms with Gasteiger partial charge in [0.05, 0.1) is 23.4 Å². The van der Waals surface area contributed by atoms with E-state index in [-0.39, 0.29) is 36.6 Å². The summed E-state index contributed by atoms with van der Waals surface area (Å²) in [4.78, 5) is 27.6. The Kier molecular flexibility index (Phi) is 5.58. The van der Waals surface area contributed by atoms with Crippen molar-refractivity contribution in [1.82, 2.24) is 10.2 Å². The predicted octanol–water partition coefficient (Wildman–Crippen LogP) is 2.52. The molecule has 3 N–H and O–H groups in total. The molecule has 0 radical (unpaired) electrons. The number of aliphatic hydroxyl groups is 1. The molecule has 0 aromatic heterocycles. The average molecular weight is 505 g/mol. The topological polar surface area (TPSA) is 108 Å². The molecule has 194 valence electrons. The normalized spacial score (nSPS) is 30.0. The number of phenols is 1. The SMILES string of the molecule is C[C@H](C(=O)NCCC(=O)OC1=CC[C@@]2(O)[C@H]3Cc4ccc(O)c5c4C2(CCN3C)C1O5)c1ccccc1. The first-order valence-electron chi connectivity index (χ1n) is 12.9. The summed E-state index contributed by atoms with van der Waals surface area (Å²) < 4.78 is 12.1. The maximum absolute atomic E-state index is 12.8. The molecule has 1 fully saturated rings. The molecule has 37 heavy (non-hydrogen) atoms. The molecule has 2 aliphatic carbocycles. The number of hydrogen-bond donors (Lipinski definition) is 3. The highest BCUT2D eigenvalue weighted by atomic mass is 16.6. The van der Waals surface area contributed by atoms with Crippen LogP contribution in [0.15, 0.2) is 54.3 Å². The van der Waals surface area contributed by atoms with Crippen molar-refractivity contribution in [3.05, 3.63) is 71.0 Å². The van der Waals surface area contributed by atoms with Gasteiger partial charge in [-0.2, -0.15) is 0 Å². The zero-order valence-electron chi connectivity index (χ0n) is 21.1. The highest BCUT2D eigenvalue weighted by Crippen LogP contribution is 2.65. The van der Waals surface area contributed by atoms with Crippen LogP contribution in [0.4, 0.5) is 0 Å². The van der Waals surface area contributed by atoms with Crippen molar-refractivity contribution in [3.63, 3.8) is 0 Å². The minimum atomic E-state index is -1.10. The highest BCUT2D eigenvalue weighted by molar-refractivity contribution is 5.83. The maximum Gasteiger partial charge on any atom is 0.312 e. The molecule has 2 aliphatic heterocycles. The van der Waals surface area contributed by atoms with Crippen molar-refractivity contribution in [1.29, 1.82) is 0 Å². The number of likely N-dealkylation sites (tertiary alicyclic amines) is 1. The quantitative estimate of drug-likeness (QED) is 0.519. The highest BCUT2D eigenvalue weighted by Gasteiger charge is 2.72. The van der Waals surface area contributed by atoms with Crippen molar-refractivity contribution >= 4 is 11.9 Å². The van der Waals surface area contributed by atoms with E-state index in [0.29, 0.717) is 30.8 Å². The van der Waals surface area contributed by atoms with Gasteiger partial charge in [-0.05, 0) is 56.6 Å². The van der Waals surface area contributed by atoms with Crippen LogP contribution < -0.4 is 10.1 Å². The van der Waals surface area contributed by atoms with E-state index in [0.717, 1.165) is 23.2 Å². The van der Waals surface area contributed by atoms with Crippen LogP contribution >= 0.6 is 0 Å². The molecule has 8 nitrogen and oxygen atoms in total. The Morgan fingerprint density at radius 3 is 2.81 bits per heavy atom. The number of benzene rings is 2. The Hall–Kier alpha value is -3.36. The third kappa shape index (κ3) is 3.42. The molecule has 2 unspecified atom stereocenters. The lowest BCUT2D eigenvalue weighted by molar-refractivity contribution is -0.169. The Balaban J connectivity index is 1.19. The molecule has 5 atom stereocenters. The fourth-order valence-electron chi connectivity index (χ4n) is 6.95. The lowest BCUT2D eigenvalue weighted by Gasteiger charge is -2.61. The maximum atomic E-state index is 12.8. The van der Waals surface area contributed by atoms with E-state index in [1.165, 1.54) is 0 Å². The second kappa shape index (κ2) is 8.60. The van der Waals surface area contributed by atoms with Crippen molar-refractivity contribution < 1.29 is 29.3 Å². The van der Waals surface area contributed by atoms with Gasteiger partial charge in [-0.1, -0.05) is 36.4 Å². The largest absolute Gasteiger partial charge is 0.504 e. The molecule has 6 rings (SSSR count). The molecule has 8 heteroatoms. The second-order valence-electron chi connectivity index (χ2n) is 10.8. The number of carbonyl (C=O) groups excluding carboxylic acids is 2. The zero-order valence-corrected chi connectivity index (χ0v) is 21.1. The number of piperidine rings is 1. The molecule has 2 aromatic rings. The summed E-state index contributed by atoms with van der Waals surface area (Å²) in [5.41, 5.74) is 0.919. The summed E-state index contributed by atoms with van der Waals surface area (Å²) in [5.74, 6) is -0.184. The number of esters is 1. The monoisotopic (exact) mass is 504 g/mol. The number of amides is 1. The fraction of sp³-hybridized carbons (Fsp3) is 0.448. The van der Waals surface area contributed by atoms with Gasteiger partial charge < -0.3 is 29.9 Å². The summed E-state index contributed by atoms with van der Waals surface area (Å²) >= 11 is 0. The average Bonchev–Trinajstić information content (AvgIpc) is 3.25. The van der Waals surface area contributed by atoms with Gasteiger partial charge in [0, 0.05) is 24.6 Å². The zero-order chi connectivity index (χ0) is 25.9. The number of nitrogens with one attached hydrogen (secondary N) is 1. The minimum absolute atomic E-state index is 0.00336. The van der Waals surface area contributed by atoms with Crippen LogP contribution in [-0.2, 0) is 26.2 Å². The van der Waals surface area contributed by atoms with Crippen molar-refractivity contribution in [2.45, 2.75) is 61.7 Å². The van der Waals surface area contributed by atoms with Crippen LogP contribution in [0.25, 0.3) is 0 Å². The van der Waals surface area contributed by atoms with E-state index in [9.17, 15) is 19.8 Å². The smallest absolute Gasteiger partial charge is 0.312 e. The van der Waals surface area contributed by atoms with E-state index in [2.05, 4.69) is 10.2 Å². The van der Waals surface area contributed by atoms with Crippen molar-refractivity contribution in [3.8, 4) is 11.5 Å². The molecule has 0 saturated carbocycles. The summed E-state index contributed by atoms with van der Waals surface area (Å²) in [6, 6.07) is 12.9. The van der Waals surface area contributed by atoms with Gasteiger partial charge in [0.1, 0.15) is 5.76 Å². The Bertz CT molecular complexity index is 1290. The van der Waals surface area contributed by atoms with Gasteiger partial charge in [-0.15, -0.1) is 0 Å². The van der Waals surface area contributed by atoms with Crippen molar-refractivity contribution in [2.75, 3.05) is 20.1 Å². The van der Waals surface area contributed by atoms with Crippen LogP contribution in [0.1, 0.15) is 48.8 Å². The molecule has 1 amide bonds. The number of rotatable bonds is 6. The Morgan fingerprint density at radius 1 is 1.24 bits per heavy atom. The lowest BCUT2D eigenvalue weighted by atomic mass is 9.50. The predicted molar refractivity (Wildman–Crippen MR) is 135 cm³/mol. The van der Waals surface area contributed by atoms with E-state index in [4.69, 9.17) is 9.47 Å². The van der Waals surface area contributed by atoms with Crippen LogP contribution in [0, 0.1) is 0 Å². The molecular weight excluding hydrogens is 472 g/mol. The third-order valence-electron chi connectivity index (χ3n) is 8.91. The van der Waals surface area contributed by atoms with Gasteiger partial charge in [-0.3, -0.25) is 9.59 Å². The number of hydrogen-bond acceptors (Lipinski definition) is 7. The standard InChI is InChI=1S/C29H32N2O6/c1-17(18-6-4-3-5-7-18)27(34)30-14-11-23(33)36-21-10-12-29(35)22-16-19-8-9-20(32)25-24(19)28(29,26(21)37-25)13-15-31(22)2/h3-10,17,22,26,32,35H,11-16H2,1-2H3,(H,30,34)/t17-,22+,26?,28?,29+/m0/s1.